The Kier molecular flexibility index (Phi) is 3.56. The molecule has 0 N–H and O–H groups in total. The number of nitrogens with zero attached hydrogens (tertiary/aromatic N) is 3. The third kappa shape index (κ3) is 2.30. The molecule has 0 amide bonds. The second kappa shape index (κ2) is 5.30. The van der Waals surface area contributed by atoms with Crippen LogP contribution in [-0.2, 0) is 0 Å². The summed E-state index contributed by atoms with van der Waals surface area (Å²) in [5.41, 5.74) is -0.627. The van der Waals surface area contributed by atoms with Crippen LogP contribution in [0.3, 0.4) is 0 Å². The zero-order valence-electron chi connectivity index (χ0n) is 10.4. The quantitative estimate of drug-likeness (QED) is 0.717. The van der Waals surface area contributed by atoms with Crippen LogP contribution in [-0.4, -0.2) is 35.2 Å². The lowest BCUT2D eigenvalue weighted by Gasteiger charge is -2.10. The molecular weight excluding hydrogens is 250 g/mol. The molecule has 0 radical (unpaired) electrons. The van der Waals surface area contributed by atoms with Gasteiger partial charge < -0.3 is 9.57 Å². The highest BCUT2D eigenvalue weighted by molar-refractivity contribution is 6.10. The van der Waals surface area contributed by atoms with Gasteiger partial charge in [-0.15, -0.1) is 0 Å². The molecular formula is C12H11N3O4. The highest BCUT2D eigenvalue weighted by atomic mass is 16.7. The Hall–Kier alpha value is -2.70. The number of benzene rings is 1. The van der Waals surface area contributed by atoms with E-state index >= 15 is 0 Å². The summed E-state index contributed by atoms with van der Waals surface area (Å²) in [6, 6.07) is 8.36. The normalized spacial score (nSPS) is 10.0. The summed E-state index contributed by atoms with van der Waals surface area (Å²) in [6.07, 6.45) is 0. The lowest BCUT2D eigenvalue weighted by atomic mass is 10.1. The Morgan fingerprint density at radius 1 is 1.21 bits per heavy atom. The second-order valence-electron chi connectivity index (χ2n) is 3.53. The molecule has 0 aliphatic heterocycles. The van der Waals surface area contributed by atoms with Crippen LogP contribution in [0.4, 0.5) is 0 Å². The zero-order valence-corrected chi connectivity index (χ0v) is 10.4. The van der Waals surface area contributed by atoms with Crippen molar-refractivity contribution in [3.8, 4) is 5.88 Å². The Morgan fingerprint density at radius 2 is 1.89 bits per heavy atom. The fraction of sp³-hybridized carbons (Fsp3) is 0.167. The first kappa shape index (κ1) is 12.7. The van der Waals surface area contributed by atoms with E-state index in [-0.39, 0.29) is 11.4 Å². The van der Waals surface area contributed by atoms with E-state index in [9.17, 15) is 9.59 Å². The van der Waals surface area contributed by atoms with Gasteiger partial charge in [0.15, 0.2) is 5.56 Å². The molecule has 7 nitrogen and oxygen atoms in total. The number of ketones is 1. The third-order valence-electron chi connectivity index (χ3n) is 2.45. The Bertz CT molecular complexity index is 652. The molecule has 7 heteroatoms. The van der Waals surface area contributed by atoms with Crippen LogP contribution in [0.15, 0.2) is 35.1 Å². The first-order valence-electron chi connectivity index (χ1n) is 5.37. The average Bonchev–Trinajstić information content (AvgIpc) is 2.47. The van der Waals surface area contributed by atoms with Crippen LogP contribution in [0.1, 0.15) is 15.9 Å². The Balaban J connectivity index is 2.62. The number of hydrogen-bond acceptors (Lipinski definition) is 6. The molecule has 98 valence electrons. The van der Waals surface area contributed by atoms with Crippen LogP contribution < -0.4 is 15.1 Å². The molecule has 0 saturated heterocycles. The van der Waals surface area contributed by atoms with Gasteiger partial charge in [0, 0.05) is 5.56 Å². The summed E-state index contributed by atoms with van der Waals surface area (Å²) in [7, 11) is 2.63. The van der Waals surface area contributed by atoms with Gasteiger partial charge in [-0.3, -0.25) is 9.59 Å². The zero-order chi connectivity index (χ0) is 13.8. The molecule has 2 rings (SSSR count). The van der Waals surface area contributed by atoms with Crippen molar-refractivity contribution < 1.29 is 14.4 Å². The monoisotopic (exact) mass is 261 g/mol. The molecule has 0 saturated carbocycles. The fourth-order valence-corrected chi connectivity index (χ4v) is 1.59. The lowest BCUT2D eigenvalue weighted by molar-refractivity contribution is 0.0884. The predicted molar refractivity (Wildman–Crippen MR) is 65.2 cm³/mol. The SMILES string of the molecule is COc1c(C(=O)c2ccccc2)c(=O)nnn1OC. The van der Waals surface area contributed by atoms with Crippen molar-refractivity contribution >= 4 is 5.78 Å². The van der Waals surface area contributed by atoms with Crippen molar-refractivity contribution in [1.82, 2.24) is 15.2 Å². The highest BCUT2D eigenvalue weighted by Gasteiger charge is 2.23. The third-order valence-corrected chi connectivity index (χ3v) is 2.45. The lowest BCUT2D eigenvalue weighted by Crippen LogP contribution is -2.28. The summed E-state index contributed by atoms with van der Waals surface area (Å²) in [5.74, 6) is -0.584. The molecule has 0 bridgehead atoms. The molecule has 1 aromatic carbocycles. The largest absolute Gasteiger partial charge is 0.478 e. The highest BCUT2D eigenvalue weighted by Crippen LogP contribution is 2.15. The summed E-state index contributed by atoms with van der Waals surface area (Å²) in [5, 5.41) is 6.80. The van der Waals surface area contributed by atoms with Crippen molar-refractivity contribution in [3.05, 3.63) is 51.8 Å². The number of carbonyl (C=O) groups is 1. The van der Waals surface area contributed by atoms with E-state index in [1.165, 1.54) is 14.2 Å². The van der Waals surface area contributed by atoms with Crippen molar-refractivity contribution in [2.45, 2.75) is 0 Å². The summed E-state index contributed by atoms with van der Waals surface area (Å²) in [6.45, 7) is 0. The van der Waals surface area contributed by atoms with Crippen molar-refractivity contribution in [2.75, 3.05) is 14.2 Å². The summed E-state index contributed by atoms with van der Waals surface area (Å²) >= 11 is 0. The van der Waals surface area contributed by atoms with Gasteiger partial charge in [0.2, 0.25) is 5.78 Å². The van der Waals surface area contributed by atoms with E-state index in [1.54, 1.807) is 30.3 Å². The number of ether oxygens (including phenoxy) is 1. The van der Waals surface area contributed by atoms with Gasteiger partial charge in [0.1, 0.15) is 7.11 Å². The average molecular weight is 261 g/mol. The van der Waals surface area contributed by atoms with E-state index in [0.29, 0.717) is 5.56 Å². The smallest absolute Gasteiger partial charge is 0.306 e. The summed E-state index contributed by atoms with van der Waals surface area (Å²) < 4.78 is 5.01. The number of rotatable bonds is 4. The first-order chi connectivity index (χ1) is 9.19. The molecule has 2 aromatic rings. The number of carbonyl (C=O) groups excluding carboxylic acids is 1. The van der Waals surface area contributed by atoms with Gasteiger partial charge in [-0.25, -0.2) is 0 Å². The van der Waals surface area contributed by atoms with Crippen molar-refractivity contribution in [2.24, 2.45) is 0 Å². The molecule has 0 unspecified atom stereocenters. The van der Waals surface area contributed by atoms with Gasteiger partial charge in [0.25, 0.3) is 5.88 Å². The van der Waals surface area contributed by atoms with Crippen LogP contribution in [0.2, 0.25) is 0 Å². The van der Waals surface area contributed by atoms with E-state index in [4.69, 9.17) is 9.57 Å². The molecule has 1 heterocycles. The van der Waals surface area contributed by atoms with E-state index < -0.39 is 11.3 Å². The maximum Gasteiger partial charge on any atom is 0.306 e. The molecule has 0 spiro atoms. The first-order valence-corrected chi connectivity index (χ1v) is 5.37. The standard InChI is InChI=1S/C12H11N3O4/c1-18-12-9(11(17)13-14-15(12)19-2)10(16)8-6-4-3-5-7-8/h3-7H,1-2H3. The van der Waals surface area contributed by atoms with Gasteiger partial charge >= 0.3 is 5.56 Å². The number of aromatic nitrogens is 3. The van der Waals surface area contributed by atoms with Crippen LogP contribution in [0.25, 0.3) is 0 Å². The minimum atomic E-state index is -0.765. The van der Waals surface area contributed by atoms with Crippen LogP contribution in [0.5, 0.6) is 5.88 Å². The minimum absolute atomic E-state index is 0.0867. The fourth-order valence-electron chi connectivity index (χ4n) is 1.59. The molecule has 0 fully saturated rings. The van der Waals surface area contributed by atoms with Gasteiger partial charge in [0.05, 0.1) is 7.11 Å². The van der Waals surface area contributed by atoms with E-state index in [1.807, 2.05) is 0 Å². The molecule has 19 heavy (non-hydrogen) atoms. The second-order valence-corrected chi connectivity index (χ2v) is 3.53. The molecule has 0 atom stereocenters. The van der Waals surface area contributed by atoms with Crippen molar-refractivity contribution in [3.63, 3.8) is 0 Å². The van der Waals surface area contributed by atoms with Gasteiger partial charge in [-0.1, -0.05) is 35.4 Å². The summed E-state index contributed by atoms with van der Waals surface area (Å²) in [4.78, 5) is 29.8. The van der Waals surface area contributed by atoms with Crippen LogP contribution in [0, 0.1) is 0 Å². The predicted octanol–water partition coefficient (Wildman–Crippen LogP) is -0.0637. The van der Waals surface area contributed by atoms with E-state index in [0.717, 1.165) is 4.85 Å². The Labute approximate surface area is 108 Å². The van der Waals surface area contributed by atoms with Crippen LogP contribution >= 0.6 is 0 Å². The van der Waals surface area contributed by atoms with Gasteiger partial charge in [-0.05, 0) is 10.1 Å². The maximum atomic E-state index is 12.3. The minimum Gasteiger partial charge on any atom is -0.478 e. The molecule has 0 aliphatic rings. The number of hydrogen-bond donors (Lipinski definition) is 0. The topological polar surface area (TPSA) is 83.3 Å². The molecule has 1 aromatic heterocycles. The maximum absolute atomic E-state index is 12.3. The Morgan fingerprint density at radius 3 is 2.47 bits per heavy atom. The van der Waals surface area contributed by atoms with E-state index in [2.05, 4.69) is 10.3 Å². The van der Waals surface area contributed by atoms with Crippen molar-refractivity contribution in [1.29, 1.82) is 0 Å². The number of methoxy groups -OCH3 is 1. The van der Waals surface area contributed by atoms with Gasteiger partial charge in [-0.2, -0.15) is 0 Å². The molecule has 0 aliphatic carbocycles.